The van der Waals surface area contributed by atoms with Crippen LogP contribution in [0.5, 0.6) is 0 Å². The van der Waals surface area contributed by atoms with E-state index in [1.54, 1.807) is 24.3 Å². The van der Waals surface area contributed by atoms with Crippen LogP contribution >= 0.6 is 0 Å². The number of anilines is 1. The highest BCUT2D eigenvalue weighted by Gasteiger charge is 2.28. The van der Waals surface area contributed by atoms with Gasteiger partial charge in [-0.05, 0) is 25.5 Å². The van der Waals surface area contributed by atoms with Crippen LogP contribution in [0.15, 0.2) is 24.3 Å². The Morgan fingerprint density at radius 2 is 1.86 bits per heavy atom. The highest BCUT2D eigenvalue weighted by atomic mass is 16.2. The summed E-state index contributed by atoms with van der Waals surface area (Å²) in [6, 6.07) is 6.71. The molecule has 1 aromatic rings. The molecule has 0 radical (unpaired) electrons. The molecule has 1 N–H and O–H groups in total. The topological polar surface area (TPSA) is 83.6 Å². The molecule has 1 heterocycles. The monoisotopic (exact) mass is 302 g/mol. The molecule has 1 aliphatic heterocycles. The van der Waals surface area contributed by atoms with Crippen molar-refractivity contribution < 1.29 is 19.2 Å². The van der Waals surface area contributed by atoms with Crippen LogP contribution in [0.25, 0.3) is 0 Å². The van der Waals surface area contributed by atoms with Gasteiger partial charge in [0.05, 0.1) is 0 Å². The number of nitrogens with one attached hydrogen (secondary N) is 1. The Labute approximate surface area is 128 Å². The molecule has 6 heteroatoms. The lowest BCUT2D eigenvalue weighted by Crippen LogP contribution is -2.30. The van der Waals surface area contributed by atoms with Gasteiger partial charge in [0, 0.05) is 37.1 Å². The number of Topliss-reactive ketones (excluding diaryl/α,β-unsaturated/α-hetero) is 1. The molecule has 6 nitrogen and oxygen atoms in total. The van der Waals surface area contributed by atoms with Crippen LogP contribution in [0.2, 0.25) is 0 Å². The SMILES string of the molecule is CC(=O)c1cccc(NC(=O)CCCN2C(=O)CCC2=O)c1. The quantitative estimate of drug-likeness (QED) is 0.641. The van der Waals surface area contributed by atoms with E-state index in [-0.39, 0.29) is 49.3 Å². The Bertz CT molecular complexity index is 608. The highest BCUT2D eigenvalue weighted by Crippen LogP contribution is 2.14. The molecule has 0 bridgehead atoms. The summed E-state index contributed by atoms with van der Waals surface area (Å²) in [5.41, 5.74) is 1.09. The number of amides is 3. The standard InChI is InChI=1S/C16H18N2O4/c1-11(19)12-4-2-5-13(10-12)17-14(20)6-3-9-18-15(21)7-8-16(18)22/h2,4-5,10H,3,6-9H2,1H3,(H,17,20). The van der Waals surface area contributed by atoms with E-state index in [0.717, 1.165) is 0 Å². The fourth-order valence-electron chi connectivity index (χ4n) is 2.31. The number of benzene rings is 1. The summed E-state index contributed by atoms with van der Waals surface area (Å²) >= 11 is 0. The molecule has 1 aromatic carbocycles. The number of carbonyl (C=O) groups is 4. The van der Waals surface area contributed by atoms with E-state index in [1.807, 2.05) is 0 Å². The summed E-state index contributed by atoms with van der Waals surface area (Å²) in [5.74, 6) is -0.610. The number of likely N-dealkylation sites (tertiary alicyclic amines) is 1. The largest absolute Gasteiger partial charge is 0.326 e. The average molecular weight is 302 g/mol. The summed E-state index contributed by atoms with van der Waals surface area (Å²) in [6.45, 7) is 1.74. The van der Waals surface area contributed by atoms with Gasteiger partial charge in [0.2, 0.25) is 17.7 Å². The maximum Gasteiger partial charge on any atom is 0.229 e. The first-order valence-corrected chi connectivity index (χ1v) is 7.21. The van der Waals surface area contributed by atoms with Crippen LogP contribution in [0, 0.1) is 0 Å². The predicted molar refractivity (Wildman–Crippen MR) is 80.3 cm³/mol. The smallest absolute Gasteiger partial charge is 0.229 e. The lowest BCUT2D eigenvalue weighted by atomic mass is 10.1. The van der Waals surface area contributed by atoms with E-state index in [9.17, 15) is 19.2 Å². The summed E-state index contributed by atoms with van der Waals surface area (Å²) < 4.78 is 0. The maximum absolute atomic E-state index is 11.8. The Kier molecular flexibility index (Phi) is 5.04. The minimum Gasteiger partial charge on any atom is -0.326 e. The molecular weight excluding hydrogens is 284 g/mol. The highest BCUT2D eigenvalue weighted by molar-refractivity contribution is 6.02. The number of hydrogen-bond donors (Lipinski definition) is 1. The number of carbonyl (C=O) groups excluding carboxylic acids is 4. The number of imide groups is 1. The van der Waals surface area contributed by atoms with Crippen LogP contribution < -0.4 is 5.32 Å². The van der Waals surface area contributed by atoms with Gasteiger partial charge < -0.3 is 5.32 Å². The summed E-state index contributed by atoms with van der Waals surface area (Å²) in [7, 11) is 0. The van der Waals surface area contributed by atoms with Gasteiger partial charge in [0.25, 0.3) is 0 Å². The zero-order chi connectivity index (χ0) is 16.1. The Balaban J connectivity index is 1.81. The molecule has 2 rings (SSSR count). The van der Waals surface area contributed by atoms with Crippen molar-refractivity contribution in [1.82, 2.24) is 4.90 Å². The van der Waals surface area contributed by atoms with E-state index in [4.69, 9.17) is 0 Å². The van der Waals surface area contributed by atoms with Crippen LogP contribution in [0.3, 0.4) is 0 Å². The molecule has 0 aromatic heterocycles. The van der Waals surface area contributed by atoms with Crippen molar-refractivity contribution in [3.05, 3.63) is 29.8 Å². The molecule has 0 atom stereocenters. The molecule has 0 saturated carbocycles. The van der Waals surface area contributed by atoms with Crippen molar-refractivity contribution >= 4 is 29.2 Å². The maximum atomic E-state index is 11.8. The molecule has 0 spiro atoms. The van der Waals surface area contributed by atoms with Gasteiger partial charge in [0.15, 0.2) is 5.78 Å². The van der Waals surface area contributed by atoms with Gasteiger partial charge in [-0.2, -0.15) is 0 Å². The normalized spacial score (nSPS) is 14.3. The predicted octanol–water partition coefficient (Wildman–Crippen LogP) is 1.76. The lowest BCUT2D eigenvalue weighted by Gasteiger charge is -2.13. The number of nitrogens with zero attached hydrogens (tertiary/aromatic N) is 1. The fourth-order valence-corrected chi connectivity index (χ4v) is 2.31. The molecule has 3 amide bonds. The number of hydrogen-bond acceptors (Lipinski definition) is 4. The molecule has 1 aliphatic rings. The first kappa shape index (κ1) is 15.9. The molecule has 0 aliphatic carbocycles. The molecule has 0 unspecified atom stereocenters. The second-order valence-corrected chi connectivity index (χ2v) is 5.23. The van der Waals surface area contributed by atoms with Gasteiger partial charge in [0.1, 0.15) is 0 Å². The van der Waals surface area contributed by atoms with Gasteiger partial charge in [-0.25, -0.2) is 0 Å². The van der Waals surface area contributed by atoms with E-state index in [1.165, 1.54) is 11.8 Å². The zero-order valence-corrected chi connectivity index (χ0v) is 12.4. The Morgan fingerprint density at radius 3 is 2.50 bits per heavy atom. The summed E-state index contributed by atoms with van der Waals surface area (Å²) in [4.78, 5) is 47.2. The lowest BCUT2D eigenvalue weighted by molar-refractivity contribution is -0.138. The van der Waals surface area contributed by atoms with Crippen LogP contribution in [0.1, 0.15) is 43.0 Å². The first-order valence-electron chi connectivity index (χ1n) is 7.21. The molecule has 116 valence electrons. The van der Waals surface area contributed by atoms with Crippen molar-refractivity contribution in [2.45, 2.75) is 32.6 Å². The molecule has 1 saturated heterocycles. The number of ketones is 1. The Morgan fingerprint density at radius 1 is 1.18 bits per heavy atom. The van der Waals surface area contributed by atoms with Gasteiger partial charge in [-0.3, -0.25) is 24.1 Å². The third kappa shape index (κ3) is 4.00. The second kappa shape index (κ2) is 6.98. The van der Waals surface area contributed by atoms with Crippen LogP contribution in [0.4, 0.5) is 5.69 Å². The van der Waals surface area contributed by atoms with Crippen LogP contribution in [-0.2, 0) is 14.4 Å². The van der Waals surface area contributed by atoms with Crippen molar-refractivity contribution in [2.75, 3.05) is 11.9 Å². The number of rotatable bonds is 6. The first-order chi connectivity index (χ1) is 10.5. The van der Waals surface area contributed by atoms with Crippen molar-refractivity contribution in [2.24, 2.45) is 0 Å². The zero-order valence-electron chi connectivity index (χ0n) is 12.4. The molecule has 22 heavy (non-hydrogen) atoms. The van der Waals surface area contributed by atoms with E-state index < -0.39 is 0 Å². The van der Waals surface area contributed by atoms with Gasteiger partial charge >= 0.3 is 0 Å². The minimum atomic E-state index is -0.209. The van der Waals surface area contributed by atoms with Crippen LogP contribution in [-0.4, -0.2) is 34.9 Å². The third-order valence-electron chi connectivity index (χ3n) is 3.49. The summed E-state index contributed by atoms with van der Waals surface area (Å²) in [6.07, 6.45) is 1.17. The molecule has 1 fully saturated rings. The summed E-state index contributed by atoms with van der Waals surface area (Å²) in [5, 5.41) is 2.71. The van der Waals surface area contributed by atoms with Gasteiger partial charge in [-0.1, -0.05) is 12.1 Å². The fraction of sp³-hybridized carbons (Fsp3) is 0.375. The Hall–Kier alpha value is -2.50. The average Bonchev–Trinajstić information content (AvgIpc) is 2.79. The van der Waals surface area contributed by atoms with Crippen molar-refractivity contribution in [3.63, 3.8) is 0 Å². The van der Waals surface area contributed by atoms with E-state index in [2.05, 4.69) is 5.32 Å². The molecular formula is C16H18N2O4. The van der Waals surface area contributed by atoms with E-state index >= 15 is 0 Å². The third-order valence-corrected chi connectivity index (χ3v) is 3.49. The van der Waals surface area contributed by atoms with Crippen molar-refractivity contribution in [3.8, 4) is 0 Å². The second-order valence-electron chi connectivity index (χ2n) is 5.23. The van der Waals surface area contributed by atoms with E-state index in [0.29, 0.717) is 17.7 Å². The van der Waals surface area contributed by atoms with Crippen molar-refractivity contribution in [1.29, 1.82) is 0 Å². The minimum absolute atomic E-state index is 0.0674. The van der Waals surface area contributed by atoms with Gasteiger partial charge in [-0.15, -0.1) is 0 Å².